The summed E-state index contributed by atoms with van der Waals surface area (Å²) in [4.78, 5) is 0.660. The SMILES string of the molecule is CC1CCC(c2ccc(SC(F)F)cc2)CC1. The zero-order valence-electron chi connectivity index (χ0n) is 10.0. The van der Waals surface area contributed by atoms with Crippen molar-refractivity contribution in [3.63, 3.8) is 0 Å². The standard InChI is InChI=1S/C14H18F2S/c1-10-2-4-11(5-3-10)12-6-8-13(9-7-12)17-14(15)16/h6-11,14H,2-5H2,1H3. The van der Waals surface area contributed by atoms with Gasteiger partial charge in [0.25, 0.3) is 5.76 Å². The molecule has 3 heteroatoms. The predicted octanol–water partition coefficient (Wildman–Crippen LogP) is 5.30. The van der Waals surface area contributed by atoms with Crippen molar-refractivity contribution in [2.45, 2.75) is 49.2 Å². The van der Waals surface area contributed by atoms with Crippen molar-refractivity contribution in [3.05, 3.63) is 29.8 Å². The number of hydrogen-bond donors (Lipinski definition) is 0. The molecule has 0 heterocycles. The van der Waals surface area contributed by atoms with E-state index in [1.54, 1.807) is 0 Å². The Morgan fingerprint density at radius 1 is 1.06 bits per heavy atom. The largest absolute Gasteiger partial charge is 0.288 e. The molecule has 0 amide bonds. The van der Waals surface area contributed by atoms with Gasteiger partial charge in [-0.3, -0.25) is 0 Å². The molecule has 0 unspecified atom stereocenters. The summed E-state index contributed by atoms with van der Waals surface area (Å²) in [6.07, 6.45) is 5.06. The first-order valence-corrected chi connectivity index (χ1v) is 7.08. The van der Waals surface area contributed by atoms with E-state index in [2.05, 4.69) is 6.92 Å². The van der Waals surface area contributed by atoms with Crippen LogP contribution in [0.4, 0.5) is 8.78 Å². The first-order valence-electron chi connectivity index (χ1n) is 6.20. The van der Waals surface area contributed by atoms with Crippen LogP contribution in [0.1, 0.15) is 44.1 Å². The van der Waals surface area contributed by atoms with Gasteiger partial charge < -0.3 is 0 Å². The minimum absolute atomic E-state index is 0.621. The summed E-state index contributed by atoms with van der Waals surface area (Å²) in [6.45, 7) is 2.30. The van der Waals surface area contributed by atoms with Gasteiger partial charge in [-0.05, 0) is 42.4 Å². The van der Waals surface area contributed by atoms with Crippen molar-refractivity contribution in [2.75, 3.05) is 0 Å². The smallest absolute Gasteiger partial charge is 0.198 e. The molecular formula is C14H18F2S. The molecule has 0 nitrogen and oxygen atoms in total. The van der Waals surface area contributed by atoms with Gasteiger partial charge in [-0.25, -0.2) is 0 Å². The van der Waals surface area contributed by atoms with E-state index in [-0.39, 0.29) is 0 Å². The number of halogens is 2. The van der Waals surface area contributed by atoms with Gasteiger partial charge in [-0.15, -0.1) is 0 Å². The Morgan fingerprint density at radius 3 is 2.18 bits per heavy atom. The summed E-state index contributed by atoms with van der Waals surface area (Å²) >= 11 is 0.621. The van der Waals surface area contributed by atoms with E-state index in [0.29, 0.717) is 22.6 Å². The molecule has 0 radical (unpaired) electrons. The van der Waals surface area contributed by atoms with Crippen LogP contribution in [0.15, 0.2) is 29.2 Å². The fourth-order valence-corrected chi connectivity index (χ4v) is 3.01. The van der Waals surface area contributed by atoms with E-state index in [9.17, 15) is 8.78 Å². The normalized spacial score (nSPS) is 25.2. The van der Waals surface area contributed by atoms with Gasteiger partial charge in [0.05, 0.1) is 0 Å². The number of benzene rings is 1. The Bertz CT molecular complexity index is 340. The second-order valence-corrected chi connectivity index (χ2v) is 5.97. The molecule has 1 aromatic rings. The fourth-order valence-electron chi connectivity index (χ4n) is 2.51. The molecule has 1 aliphatic rings. The summed E-state index contributed by atoms with van der Waals surface area (Å²) in [6, 6.07) is 7.69. The van der Waals surface area contributed by atoms with Crippen LogP contribution in [0.3, 0.4) is 0 Å². The minimum atomic E-state index is -2.32. The van der Waals surface area contributed by atoms with Gasteiger partial charge in [-0.1, -0.05) is 43.7 Å². The highest BCUT2D eigenvalue weighted by Crippen LogP contribution is 2.36. The van der Waals surface area contributed by atoms with Gasteiger partial charge in [-0.2, -0.15) is 8.78 Å². The van der Waals surface area contributed by atoms with Gasteiger partial charge in [0, 0.05) is 4.90 Å². The van der Waals surface area contributed by atoms with E-state index in [0.717, 1.165) is 5.92 Å². The van der Waals surface area contributed by atoms with Crippen molar-refractivity contribution in [3.8, 4) is 0 Å². The Kier molecular flexibility index (Phi) is 4.43. The molecule has 0 N–H and O–H groups in total. The van der Waals surface area contributed by atoms with Crippen molar-refractivity contribution < 1.29 is 8.78 Å². The zero-order valence-corrected chi connectivity index (χ0v) is 10.9. The molecule has 1 fully saturated rings. The fraction of sp³-hybridized carbons (Fsp3) is 0.571. The minimum Gasteiger partial charge on any atom is -0.198 e. The van der Waals surface area contributed by atoms with Crippen LogP contribution < -0.4 is 0 Å². The highest BCUT2D eigenvalue weighted by atomic mass is 32.2. The van der Waals surface area contributed by atoms with Gasteiger partial charge in [0.2, 0.25) is 0 Å². The van der Waals surface area contributed by atoms with Crippen LogP contribution in [-0.2, 0) is 0 Å². The average molecular weight is 256 g/mol. The maximum Gasteiger partial charge on any atom is 0.288 e. The first-order chi connectivity index (χ1) is 8.15. The molecular weight excluding hydrogens is 238 g/mol. The third kappa shape index (κ3) is 3.70. The summed E-state index contributed by atoms with van der Waals surface area (Å²) in [5, 5.41) is 0. The molecule has 17 heavy (non-hydrogen) atoms. The Balaban J connectivity index is 1.97. The lowest BCUT2D eigenvalue weighted by Crippen LogP contribution is -2.10. The summed E-state index contributed by atoms with van der Waals surface area (Å²) in [5.74, 6) is -0.840. The lowest BCUT2D eigenvalue weighted by atomic mass is 9.79. The van der Waals surface area contributed by atoms with E-state index in [1.165, 1.54) is 31.2 Å². The van der Waals surface area contributed by atoms with Gasteiger partial charge in [0.1, 0.15) is 0 Å². The number of hydrogen-bond acceptors (Lipinski definition) is 1. The van der Waals surface area contributed by atoms with Crippen molar-refractivity contribution in [1.29, 1.82) is 0 Å². The zero-order chi connectivity index (χ0) is 12.3. The van der Waals surface area contributed by atoms with Crippen LogP contribution in [0.2, 0.25) is 0 Å². The van der Waals surface area contributed by atoms with Crippen molar-refractivity contribution in [2.24, 2.45) is 5.92 Å². The molecule has 0 atom stereocenters. The predicted molar refractivity (Wildman–Crippen MR) is 68.7 cm³/mol. The number of thioether (sulfide) groups is 1. The first kappa shape index (κ1) is 12.9. The third-order valence-electron chi connectivity index (χ3n) is 3.59. The number of rotatable bonds is 3. The van der Waals surface area contributed by atoms with Gasteiger partial charge >= 0.3 is 0 Å². The van der Waals surface area contributed by atoms with E-state index in [1.807, 2.05) is 24.3 Å². The molecule has 1 aliphatic carbocycles. The van der Waals surface area contributed by atoms with Crippen molar-refractivity contribution in [1.82, 2.24) is 0 Å². The Labute approximate surface area is 106 Å². The second-order valence-electron chi connectivity index (χ2n) is 4.90. The Morgan fingerprint density at radius 2 is 1.65 bits per heavy atom. The highest BCUT2D eigenvalue weighted by Gasteiger charge is 2.19. The molecule has 2 rings (SSSR count). The molecule has 94 valence electrons. The summed E-state index contributed by atoms with van der Waals surface area (Å²) in [7, 11) is 0. The van der Waals surface area contributed by atoms with E-state index in [4.69, 9.17) is 0 Å². The maximum absolute atomic E-state index is 12.2. The molecule has 0 spiro atoms. The highest BCUT2D eigenvalue weighted by molar-refractivity contribution is 7.99. The second kappa shape index (κ2) is 5.85. The van der Waals surface area contributed by atoms with E-state index < -0.39 is 5.76 Å². The van der Waals surface area contributed by atoms with Crippen LogP contribution >= 0.6 is 11.8 Å². The quantitative estimate of drug-likeness (QED) is 0.662. The Hall–Kier alpha value is -0.570. The van der Waals surface area contributed by atoms with E-state index >= 15 is 0 Å². The van der Waals surface area contributed by atoms with Crippen molar-refractivity contribution >= 4 is 11.8 Å². The van der Waals surface area contributed by atoms with Crippen LogP contribution in [0, 0.1) is 5.92 Å². The molecule has 1 saturated carbocycles. The lowest BCUT2D eigenvalue weighted by molar-refractivity contribution is 0.252. The molecule has 0 saturated heterocycles. The number of alkyl halides is 2. The van der Waals surface area contributed by atoms with Crippen LogP contribution in [0.5, 0.6) is 0 Å². The molecule has 1 aromatic carbocycles. The molecule has 0 bridgehead atoms. The van der Waals surface area contributed by atoms with Gasteiger partial charge in [0.15, 0.2) is 0 Å². The maximum atomic E-state index is 12.2. The third-order valence-corrected chi connectivity index (χ3v) is 4.32. The monoisotopic (exact) mass is 256 g/mol. The lowest BCUT2D eigenvalue weighted by Gasteiger charge is -2.26. The summed E-state index contributed by atoms with van der Waals surface area (Å²) in [5.41, 5.74) is 1.32. The topological polar surface area (TPSA) is 0 Å². The summed E-state index contributed by atoms with van der Waals surface area (Å²) < 4.78 is 24.4. The molecule has 0 aromatic heterocycles. The molecule has 0 aliphatic heterocycles. The average Bonchev–Trinajstić information content (AvgIpc) is 2.30. The van der Waals surface area contributed by atoms with Crippen LogP contribution in [0.25, 0.3) is 0 Å². The van der Waals surface area contributed by atoms with Crippen LogP contribution in [-0.4, -0.2) is 5.76 Å².